The Hall–Kier alpha value is -0.910. The number of benzene rings is 1. The molecule has 2 heterocycles. The van der Waals surface area contributed by atoms with Crippen LogP contribution in [0.25, 0.3) is 0 Å². The molecular weight excluding hydrogens is 284 g/mol. The Labute approximate surface area is 126 Å². The molecule has 3 aliphatic rings. The molecule has 0 aromatic heterocycles. The van der Waals surface area contributed by atoms with E-state index in [0.29, 0.717) is 18.0 Å². The minimum Gasteiger partial charge on any atom is -0.315 e. The van der Waals surface area contributed by atoms with Gasteiger partial charge >= 0.3 is 0 Å². The molecule has 1 N–H and O–H groups in total. The maximum atomic E-state index is 12.9. The molecule has 4 rings (SSSR count). The summed E-state index contributed by atoms with van der Waals surface area (Å²) in [7, 11) is -3.34. The highest BCUT2D eigenvalue weighted by atomic mass is 32.2. The predicted octanol–water partition coefficient (Wildman–Crippen LogP) is 1.76. The van der Waals surface area contributed by atoms with Gasteiger partial charge in [0.15, 0.2) is 0 Å². The van der Waals surface area contributed by atoms with Gasteiger partial charge in [-0.1, -0.05) is 24.1 Å². The average Bonchev–Trinajstić information content (AvgIpc) is 2.99. The fraction of sp³-hybridized carbons (Fsp3) is 0.625. The second kappa shape index (κ2) is 4.31. The molecule has 1 saturated carbocycles. The van der Waals surface area contributed by atoms with E-state index in [1.54, 1.807) is 16.4 Å². The van der Waals surface area contributed by atoms with Gasteiger partial charge in [0.1, 0.15) is 0 Å². The lowest BCUT2D eigenvalue weighted by molar-refractivity contribution is 0.212. The zero-order chi connectivity index (χ0) is 14.7. The molecule has 114 valence electrons. The van der Waals surface area contributed by atoms with Crippen molar-refractivity contribution in [3.8, 4) is 0 Å². The van der Waals surface area contributed by atoms with Crippen molar-refractivity contribution in [3.05, 3.63) is 29.8 Å². The molecule has 0 bridgehead atoms. The van der Waals surface area contributed by atoms with E-state index in [0.717, 1.165) is 18.7 Å². The molecule has 2 saturated heterocycles. The SMILES string of the molecule is Cc1ccc(S(=O)(=O)N2CC34CCCC3(CNC4)C2)cc1. The summed E-state index contributed by atoms with van der Waals surface area (Å²) in [5, 5.41) is 3.51. The lowest BCUT2D eigenvalue weighted by atomic mass is 9.71. The van der Waals surface area contributed by atoms with E-state index in [-0.39, 0.29) is 10.8 Å². The smallest absolute Gasteiger partial charge is 0.243 e. The van der Waals surface area contributed by atoms with Crippen molar-refractivity contribution >= 4 is 10.0 Å². The minimum atomic E-state index is -3.34. The van der Waals surface area contributed by atoms with Crippen LogP contribution in [0.15, 0.2) is 29.2 Å². The van der Waals surface area contributed by atoms with Gasteiger partial charge in [-0.15, -0.1) is 0 Å². The second-order valence-electron chi connectivity index (χ2n) is 7.10. The largest absolute Gasteiger partial charge is 0.315 e. The molecule has 1 aromatic carbocycles. The van der Waals surface area contributed by atoms with E-state index in [1.165, 1.54) is 19.3 Å². The van der Waals surface area contributed by atoms with Crippen molar-refractivity contribution in [1.82, 2.24) is 9.62 Å². The highest BCUT2D eigenvalue weighted by molar-refractivity contribution is 7.89. The summed E-state index contributed by atoms with van der Waals surface area (Å²) in [6, 6.07) is 7.23. The average molecular weight is 306 g/mol. The minimum absolute atomic E-state index is 0.185. The van der Waals surface area contributed by atoms with Crippen LogP contribution in [0.1, 0.15) is 24.8 Å². The van der Waals surface area contributed by atoms with Gasteiger partial charge in [-0.05, 0) is 31.9 Å². The number of nitrogens with one attached hydrogen (secondary N) is 1. The third-order valence-electron chi connectivity index (χ3n) is 5.98. The topological polar surface area (TPSA) is 49.4 Å². The van der Waals surface area contributed by atoms with E-state index in [9.17, 15) is 8.42 Å². The molecule has 1 aromatic rings. The first-order valence-electron chi connectivity index (χ1n) is 7.75. The third kappa shape index (κ3) is 1.77. The standard InChI is InChI=1S/C16H22N2O2S/c1-13-3-5-14(6-4-13)21(19,20)18-11-15-7-2-8-16(15,12-18)10-17-9-15/h3-6,17H,2,7-12H2,1H3. The second-order valence-corrected chi connectivity index (χ2v) is 9.04. The first kappa shape index (κ1) is 13.7. The van der Waals surface area contributed by atoms with Gasteiger partial charge in [0.2, 0.25) is 10.0 Å². The Morgan fingerprint density at radius 1 is 1.05 bits per heavy atom. The molecule has 21 heavy (non-hydrogen) atoms. The van der Waals surface area contributed by atoms with Crippen LogP contribution in [-0.2, 0) is 10.0 Å². The molecule has 1 aliphatic carbocycles. The van der Waals surface area contributed by atoms with Crippen LogP contribution in [0.2, 0.25) is 0 Å². The summed E-state index contributed by atoms with van der Waals surface area (Å²) >= 11 is 0. The Morgan fingerprint density at radius 2 is 1.62 bits per heavy atom. The Balaban J connectivity index is 1.68. The summed E-state index contributed by atoms with van der Waals surface area (Å²) in [5.41, 5.74) is 1.46. The number of hydrogen-bond acceptors (Lipinski definition) is 3. The molecule has 0 amide bonds. The van der Waals surface area contributed by atoms with Crippen LogP contribution >= 0.6 is 0 Å². The van der Waals surface area contributed by atoms with Crippen LogP contribution in [-0.4, -0.2) is 38.9 Å². The number of sulfonamides is 1. The summed E-state index contributed by atoms with van der Waals surface area (Å²) in [6.07, 6.45) is 3.58. The van der Waals surface area contributed by atoms with Crippen molar-refractivity contribution in [3.63, 3.8) is 0 Å². The number of rotatable bonds is 2. The molecule has 2 atom stereocenters. The number of hydrogen-bond donors (Lipinski definition) is 1. The van der Waals surface area contributed by atoms with E-state index < -0.39 is 10.0 Å². The Bertz CT molecular complexity index is 636. The van der Waals surface area contributed by atoms with E-state index >= 15 is 0 Å². The molecular formula is C16H22N2O2S. The van der Waals surface area contributed by atoms with Crippen LogP contribution in [0.3, 0.4) is 0 Å². The molecule has 5 heteroatoms. The van der Waals surface area contributed by atoms with Crippen LogP contribution in [0, 0.1) is 17.8 Å². The maximum absolute atomic E-state index is 12.9. The molecule has 2 aliphatic heterocycles. The zero-order valence-corrected chi connectivity index (χ0v) is 13.2. The quantitative estimate of drug-likeness (QED) is 0.906. The molecule has 2 unspecified atom stereocenters. The van der Waals surface area contributed by atoms with Crippen LogP contribution in [0.4, 0.5) is 0 Å². The lowest BCUT2D eigenvalue weighted by Gasteiger charge is -2.30. The fourth-order valence-electron chi connectivity index (χ4n) is 4.75. The third-order valence-corrected chi connectivity index (χ3v) is 7.79. The van der Waals surface area contributed by atoms with Gasteiger partial charge in [-0.3, -0.25) is 0 Å². The molecule has 0 spiro atoms. The van der Waals surface area contributed by atoms with Crippen molar-refractivity contribution in [2.45, 2.75) is 31.1 Å². The Kier molecular flexibility index (Phi) is 2.82. The summed E-state index contributed by atoms with van der Waals surface area (Å²) in [6.45, 7) is 5.32. The lowest BCUT2D eigenvalue weighted by Crippen LogP contribution is -2.35. The number of aryl methyl sites for hydroxylation is 1. The van der Waals surface area contributed by atoms with Crippen molar-refractivity contribution in [2.75, 3.05) is 26.2 Å². The number of nitrogens with zero attached hydrogens (tertiary/aromatic N) is 1. The molecule has 3 fully saturated rings. The van der Waals surface area contributed by atoms with E-state index in [4.69, 9.17) is 0 Å². The Morgan fingerprint density at radius 3 is 2.19 bits per heavy atom. The normalized spacial score (nSPS) is 35.9. The highest BCUT2D eigenvalue weighted by Crippen LogP contribution is 2.60. The van der Waals surface area contributed by atoms with Gasteiger partial charge in [0.25, 0.3) is 0 Å². The predicted molar refractivity (Wildman–Crippen MR) is 81.5 cm³/mol. The van der Waals surface area contributed by atoms with Crippen LogP contribution < -0.4 is 5.32 Å². The van der Waals surface area contributed by atoms with Crippen molar-refractivity contribution in [1.29, 1.82) is 0 Å². The first-order valence-corrected chi connectivity index (χ1v) is 9.19. The highest BCUT2D eigenvalue weighted by Gasteiger charge is 2.64. The van der Waals surface area contributed by atoms with Gasteiger partial charge in [-0.25, -0.2) is 8.42 Å². The fourth-order valence-corrected chi connectivity index (χ4v) is 6.37. The maximum Gasteiger partial charge on any atom is 0.243 e. The summed E-state index contributed by atoms with van der Waals surface area (Å²) in [4.78, 5) is 0.437. The first-order chi connectivity index (χ1) is 9.98. The zero-order valence-electron chi connectivity index (χ0n) is 12.4. The van der Waals surface area contributed by atoms with E-state index in [1.807, 2.05) is 19.1 Å². The van der Waals surface area contributed by atoms with Gasteiger partial charge in [-0.2, -0.15) is 4.31 Å². The van der Waals surface area contributed by atoms with Gasteiger partial charge < -0.3 is 5.32 Å². The van der Waals surface area contributed by atoms with Crippen LogP contribution in [0.5, 0.6) is 0 Å². The molecule has 0 radical (unpaired) electrons. The van der Waals surface area contributed by atoms with E-state index in [2.05, 4.69) is 5.32 Å². The summed E-state index contributed by atoms with van der Waals surface area (Å²) < 4.78 is 27.6. The van der Waals surface area contributed by atoms with Crippen molar-refractivity contribution < 1.29 is 8.42 Å². The van der Waals surface area contributed by atoms with Crippen molar-refractivity contribution in [2.24, 2.45) is 10.8 Å². The summed E-state index contributed by atoms with van der Waals surface area (Å²) in [5.74, 6) is 0. The van der Waals surface area contributed by atoms with Gasteiger partial charge in [0.05, 0.1) is 4.90 Å². The molecule has 4 nitrogen and oxygen atoms in total. The monoisotopic (exact) mass is 306 g/mol. The van der Waals surface area contributed by atoms with Gasteiger partial charge in [0, 0.05) is 37.0 Å².